The fourth-order valence-electron chi connectivity index (χ4n) is 3.64. The third-order valence-electron chi connectivity index (χ3n) is 5.92. The van der Waals surface area contributed by atoms with E-state index in [0.29, 0.717) is 83.1 Å². The summed E-state index contributed by atoms with van der Waals surface area (Å²) in [4.78, 5) is 50.6. The van der Waals surface area contributed by atoms with Crippen molar-refractivity contribution in [2.75, 3.05) is 84.1 Å². The number of phosphoric acid groups is 2. The second-order valence-corrected chi connectivity index (χ2v) is 15.3. The highest BCUT2D eigenvalue weighted by atomic mass is 33.1. The summed E-state index contributed by atoms with van der Waals surface area (Å²) in [6.45, 7) is 2.55. The molecule has 0 aromatic carbocycles. The second kappa shape index (κ2) is 27.6. The van der Waals surface area contributed by atoms with Gasteiger partial charge in [-0.05, 0) is 25.7 Å². The standard InChI is InChI=1S/C25H49BN2O14P2S2/c26-23-6-5-22(42-23)21-41-44(34,35)40-18-17-38-16-15-37-14-13-36-12-10-28-25(30)8-20-46-45-19-7-24(29)27-9-3-1-2-4-11-39-43(31,32)33/h22-23H,1-21H2,(H,27,29)(H,28,30)(H,34,35)(H2,31,32,33). The number of nitrogens with one attached hydrogen (secondary N) is 2. The highest BCUT2D eigenvalue weighted by molar-refractivity contribution is 8.76. The second-order valence-electron chi connectivity index (χ2n) is 9.89. The fraction of sp³-hybridized carbons (Fsp3) is 0.920. The van der Waals surface area contributed by atoms with E-state index in [9.17, 15) is 23.6 Å². The van der Waals surface area contributed by atoms with E-state index in [1.807, 2.05) is 0 Å². The molecule has 2 amide bonds. The quantitative estimate of drug-likeness (QED) is 0.0297. The Bertz CT molecular complexity index is 911. The van der Waals surface area contributed by atoms with Crippen LogP contribution in [0.5, 0.6) is 0 Å². The lowest BCUT2D eigenvalue weighted by Gasteiger charge is -2.15. The van der Waals surface area contributed by atoms with Gasteiger partial charge in [0, 0.05) is 43.4 Å². The van der Waals surface area contributed by atoms with E-state index in [1.165, 1.54) is 10.8 Å². The maximum absolute atomic E-state index is 11.9. The van der Waals surface area contributed by atoms with Crippen LogP contribution in [0.25, 0.3) is 0 Å². The van der Waals surface area contributed by atoms with E-state index >= 15 is 0 Å². The largest absolute Gasteiger partial charge is 0.472 e. The number of ether oxygens (including phenoxy) is 4. The van der Waals surface area contributed by atoms with E-state index in [2.05, 4.69) is 15.2 Å². The fourth-order valence-corrected chi connectivity index (χ4v) is 6.72. The number of unbranched alkanes of at least 4 members (excludes halogenated alkanes) is 3. The summed E-state index contributed by atoms with van der Waals surface area (Å²) in [5.41, 5.74) is 0. The summed E-state index contributed by atoms with van der Waals surface area (Å²) in [5, 5.41) is 5.63. The molecule has 3 atom stereocenters. The average Bonchev–Trinajstić information content (AvgIpc) is 3.42. The molecule has 1 rings (SSSR count). The molecule has 1 aliphatic heterocycles. The number of hydrogen-bond donors (Lipinski definition) is 5. The van der Waals surface area contributed by atoms with Gasteiger partial charge in [0.05, 0.1) is 65.6 Å². The van der Waals surface area contributed by atoms with E-state index in [-0.39, 0.29) is 57.0 Å². The molecule has 1 fully saturated rings. The summed E-state index contributed by atoms with van der Waals surface area (Å²) >= 11 is 0. The van der Waals surface area contributed by atoms with E-state index in [4.69, 9.17) is 45.6 Å². The Morgan fingerprint density at radius 3 is 1.87 bits per heavy atom. The number of carbonyl (C=O) groups is 2. The third-order valence-corrected chi connectivity index (χ3v) is 9.83. The van der Waals surface area contributed by atoms with Gasteiger partial charge in [-0.3, -0.25) is 23.2 Å². The Balaban J connectivity index is 1.78. The van der Waals surface area contributed by atoms with Crippen molar-refractivity contribution >= 4 is 56.9 Å². The number of rotatable bonds is 31. The van der Waals surface area contributed by atoms with Gasteiger partial charge in [0.2, 0.25) is 11.8 Å². The monoisotopic (exact) mass is 738 g/mol. The molecule has 1 saturated heterocycles. The molecule has 0 saturated carbocycles. The first-order chi connectivity index (χ1) is 22.0. The van der Waals surface area contributed by atoms with Crippen LogP contribution < -0.4 is 10.6 Å². The highest BCUT2D eigenvalue weighted by Gasteiger charge is 2.27. The van der Waals surface area contributed by atoms with Gasteiger partial charge in [-0.25, -0.2) is 9.13 Å². The summed E-state index contributed by atoms with van der Waals surface area (Å²) in [6.07, 6.45) is 4.72. The van der Waals surface area contributed by atoms with Gasteiger partial charge in [-0.2, -0.15) is 0 Å². The van der Waals surface area contributed by atoms with Crippen LogP contribution in [0.2, 0.25) is 0 Å². The highest BCUT2D eigenvalue weighted by Crippen LogP contribution is 2.43. The third kappa shape index (κ3) is 28.7. The maximum atomic E-state index is 11.9. The molecule has 1 aliphatic rings. The number of carbonyl (C=O) groups excluding carboxylic acids is 2. The average molecular weight is 739 g/mol. The van der Waals surface area contributed by atoms with Crippen molar-refractivity contribution in [1.29, 1.82) is 0 Å². The molecular formula is C25H49BN2O14P2S2. The summed E-state index contributed by atoms with van der Waals surface area (Å²) in [6, 6.07) is -0.368. The molecule has 0 aliphatic carbocycles. The number of phosphoric ester groups is 2. The Kier molecular flexibility index (Phi) is 26.2. The zero-order chi connectivity index (χ0) is 33.9. The minimum Gasteiger partial charge on any atom is -0.382 e. The molecule has 5 N–H and O–H groups in total. The first-order valence-corrected chi connectivity index (χ1v) is 20.7. The predicted octanol–water partition coefficient (Wildman–Crippen LogP) is 1.91. The smallest absolute Gasteiger partial charge is 0.382 e. The molecule has 0 bridgehead atoms. The Morgan fingerprint density at radius 1 is 0.717 bits per heavy atom. The number of hydrogen-bond acceptors (Lipinski definition) is 13. The maximum Gasteiger partial charge on any atom is 0.472 e. The van der Waals surface area contributed by atoms with Crippen LogP contribution in [0.3, 0.4) is 0 Å². The molecule has 0 aromatic rings. The summed E-state index contributed by atoms with van der Waals surface area (Å²) in [5.74, 6) is 1.17. The van der Waals surface area contributed by atoms with Crippen molar-refractivity contribution in [2.24, 2.45) is 0 Å². The van der Waals surface area contributed by atoms with Crippen LogP contribution in [0.15, 0.2) is 0 Å². The van der Waals surface area contributed by atoms with Crippen molar-refractivity contribution in [3.63, 3.8) is 0 Å². The predicted molar refractivity (Wildman–Crippen MR) is 174 cm³/mol. The van der Waals surface area contributed by atoms with Gasteiger partial charge in [0.15, 0.2) is 0 Å². The van der Waals surface area contributed by atoms with Crippen molar-refractivity contribution in [3.8, 4) is 0 Å². The first-order valence-electron chi connectivity index (χ1n) is 15.2. The zero-order valence-electron chi connectivity index (χ0n) is 26.1. The molecule has 21 heteroatoms. The summed E-state index contributed by atoms with van der Waals surface area (Å²) < 4.78 is 57.9. The molecule has 16 nitrogen and oxygen atoms in total. The van der Waals surface area contributed by atoms with Crippen LogP contribution in [-0.2, 0) is 51.2 Å². The molecule has 1 heterocycles. The minimum atomic E-state index is -4.39. The molecule has 3 unspecified atom stereocenters. The van der Waals surface area contributed by atoms with Crippen LogP contribution in [-0.4, -0.2) is 131 Å². The lowest BCUT2D eigenvalue weighted by atomic mass is 9.97. The van der Waals surface area contributed by atoms with Crippen molar-refractivity contribution in [3.05, 3.63) is 0 Å². The lowest BCUT2D eigenvalue weighted by Crippen LogP contribution is -2.27. The molecule has 268 valence electrons. The van der Waals surface area contributed by atoms with Crippen molar-refractivity contribution < 1.29 is 65.9 Å². The molecule has 2 radical (unpaired) electrons. The van der Waals surface area contributed by atoms with Gasteiger partial charge in [-0.15, -0.1) is 0 Å². The van der Waals surface area contributed by atoms with Gasteiger partial charge in [-0.1, -0.05) is 34.4 Å². The zero-order valence-corrected chi connectivity index (χ0v) is 29.5. The van der Waals surface area contributed by atoms with Gasteiger partial charge >= 0.3 is 15.6 Å². The number of amides is 2. The Morgan fingerprint density at radius 2 is 1.28 bits per heavy atom. The molecular weight excluding hydrogens is 689 g/mol. The normalized spacial score (nSPS) is 18.0. The van der Waals surface area contributed by atoms with Crippen molar-refractivity contribution in [1.82, 2.24) is 10.6 Å². The molecule has 0 aromatic heterocycles. The molecule has 0 spiro atoms. The van der Waals surface area contributed by atoms with E-state index in [0.717, 1.165) is 19.3 Å². The van der Waals surface area contributed by atoms with Crippen LogP contribution >= 0.6 is 37.2 Å². The van der Waals surface area contributed by atoms with Gasteiger partial charge in [0.1, 0.15) is 7.85 Å². The van der Waals surface area contributed by atoms with Gasteiger partial charge < -0.3 is 44.3 Å². The van der Waals surface area contributed by atoms with Gasteiger partial charge in [0.25, 0.3) is 0 Å². The topological polar surface area (TPSA) is 218 Å². The van der Waals surface area contributed by atoms with Crippen LogP contribution in [0.1, 0.15) is 51.4 Å². The van der Waals surface area contributed by atoms with Crippen LogP contribution in [0, 0.1) is 0 Å². The minimum absolute atomic E-state index is 0.0173. The lowest BCUT2D eigenvalue weighted by molar-refractivity contribution is -0.121. The van der Waals surface area contributed by atoms with Crippen LogP contribution in [0.4, 0.5) is 0 Å². The van der Waals surface area contributed by atoms with E-state index < -0.39 is 15.6 Å². The SMILES string of the molecule is [B]C1CCC(COP(=O)(O)OCCOCCOCCOCCNC(=O)CCSSCCC(=O)NCCCCCCOP(=O)(O)O)O1. The first kappa shape index (κ1) is 43.8. The Hall–Kier alpha value is -0.235. The van der Waals surface area contributed by atoms with Crippen molar-refractivity contribution in [2.45, 2.75) is 63.5 Å². The molecule has 46 heavy (non-hydrogen) atoms. The summed E-state index contributed by atoms with van der Waals surface area (Å²) in [7, 11) is 0.118. The van der Waals surface area contributed by atoms with E-state index in [1.54, 1.807) is 10.8 Å². The Labute approximate surface area is 280 Å².